The molecule has 0 spiro atoms. The molecule has 2 rings (SSSR count). The van der Waals surface area contributed by atoms with Gasteiger partial charge in [-0.25, -0.2) is 0 Å². The highest BCUT2D eigenvalue weighted by Crippen LogP contribution is 2.24. The Morgan fingerprint density at radius 2 is 2.41 bits per heavy atom. The second kappa shape index (κ2) is 6.53. The van der Waals surface area contributed by atoms with Crippen LogP contribution < -0.4 is 5.32 Å². The summed E-state index contributed by atoms with van der Waals surface area (Å²) in [5.41, 5.74) is 0. The van der Waals surface area contributed by atoms with E-state index in [4.69, 9.17) is 4.74 Å². The van der Waals surface area contributed by atoms with Crippen molar-refractivity contribution >= 4 is 11.3 Å². The van der Waals surface area contributed by atoms with Crippen LogP contribution in [0.15, 0.2) is 17.5 Å². The van der Waals surface area contributed by atoms with E-state index in [2.05, 4.69) is 36.7 Å². The van der Waals surface area contributed by atoms with Crippen LogP contribution in [0.5, 0.6) is 0 Å². The van der Waals surface area contributed by atoms with Crippen molar-refractivity contribution in [2.45, 2.75) is 57.8 Å². The lowest BCUT2D eigenvalue weighted by Gasteiger charge is -2.19. The first kappa shape index (κ1) is 13.1. The SMILES string of the molecule is CCCC(NCC1CCC(C)O1)c1cccs1. The molecule has 1 saturated heterocycles. The molecule has 2 heterocycles. The van der Waals surface area contributed by atoms with Gasteiger partial charge in [0.05, 0.1) is 12.2 Å². The van der Waals surface area contributed by atoms with Gasteiger partial charge in [-0.3, -0.25) is 0 Å². The van der Waals surface area contributed by atoms with E-state index >= 15 is 0 Å². The molecule has 0 radical (unpaired) electrons. The molecule has 17 heavy (non-hydrogen) atoms. The zero-order valence-electron chi connectivity index (χ0n) is 10.8. The van der Waals surface area contributed by atoms with Gasteiger partial charge < -0.3 is 10.1 Å². The van der Waals surface area contributed by atoms with Crippen LogP contribution in [0.1, 0.15) is 50.4 Å². The van der Waals surface area contributed by atoms with Gasteiger partial charge in [-0.2, -0.15) is 0 Å². The normalized spacial score (nSPS) is 26.2. The lowest BCUT2D eigenvalue weighted by atomic mass is 10.1. The summed E-state index contributed by atoms with van der Waals surface area (Å²) in [6.45, 7) is 5.41. The average Bonchev–Trinajstić information content (AvgIpc) is 2.95. The van der Waals surface area contributed by atoms with Crippen LogP contribution in [0.3, 0.4) is 0 Å². The fraction of sp³-hybridized carbons (Fsp3) is 0.714. The number of ether oxygens (including phenoxy) is 1. The van der Waals surface area contributed by atoms with Crippen molar-refractivity contribution in [2.24, 2.45) is 0 Å². The smallest absolute Gasteiger partial charge is 0.0704 e. The highest BCUT2D eigenvalue weighted by atomic mass is 32.1. The van der Waals surface area contributed by atoms with Gasteiger partial charge in [0.15, 0.2) is 0 Å². The van der Waals surface area contributed by atoms with Crippen molar-refractivity contribution in [3.8, 4) is 0 Å². The Bertz CT molecular complexity index is 312. The molecule has 1 N–H and O–H groups in total. The van der Waals surface area contributed by atoms with Crippen molar-refractivity contribution < 1.29 is 4.74 Å². The fourth-order valence-electron chi connectivity index (χ4n) is 2.43. The molecule has 2 nitrogen and oxygen atoms in total. The van der Waals surface area contributed by atoms with Crippen molar-refractivity contribution in [1.29, 1.82) is 0 Å². The summed E-state index contributed by atoms with van der Waals surface area (Å²) in [4.78, 5) is 1.46. The largest absolute Gasteiger partial charge is 0.374 e. The van der Waals surface area contributed by atoms with E-state index in [1.54, 1.807) is 0 Å². The molecule has 0 bridgehead atoms. The minimum atomic E-state index is 0.421. The lowest BCUT2D eigenvalue weighted by Crippen LogP contribution is -2.30. The van der Waals surface area contributed by atoms with Crippen LogP contribution >= 0.6 is 11.3 Å². The summed E-state index contributed by atoms with van der Waals surface area (Å²) in [5, 5.41) is 5.83. The molecule has 3 unspecified atom stereocenters. The van der Waals surface area contributed by atoms with Gasteiger partial charge in [0, 0.05) is 17.5 Å². The van der Waals surface area contributed by atoms with E-state index in [1.807, 2.05) is 11.3 Å². The zero-order chi connectivity index (χ0) is 12.1. The Balaban J connectivity index is 1.82. The van der Waals surface area contributed by atoms with E-state index in [9.17, 15) is 0 Å². The van der Waals surface area contributed by atoms with Gasteiger partial charge >= 0.3 is 0 Å². The third-order valence-electron chi connectivity index (χ3n) is 3.38. The van der Waals surface area contributed by atoms with Gasteiger partial charge in [0.1, 0.15) is 0 Å². The summed E-state index contributed by atoms with van der Waals surface area (Å²) in [6, 6.07) is 4.88. The predicted octanol–water partition coefficient (Wildman–Crippen LogP) is 3.75. The molecule has 1 aliphatic rings. The summed E-state index contributed by atoms with van der Waals surface area (Å²) in [6.07, 6.45) is 5.72. The van der Waals surface area contributed by atoms with Crippen molar-refractivity contribution in [3.63, 3.8) is 0 Å². The Morgan fingerprint density at radius 3 is 3.00 bits per heavy atom. The quantitative estimate of drug-likeness (QED) is 0.833. The van der Waals surface area contributed by atoms with Crippen LogP contribution in [0.4, 0.5) is 0 Å². The zero-order valence-corrected chi connectivity index (χ0v) is 11.6. The first-order valence-corrected chi connectivity index (χ1v) is 7.59. The standard InChI is InChI=1S/C14H23NOS/c1-3-5-13(14-6-4-9-17-14)15-10-12-8-7-11(2)16-12/h4,6,9,11-13,15H,3,5,7-8,10H2,1-2H3. The van der Waals surface area contributed by atoms with Crippen LogP contribution in [0.2, 0.25) is 0 Å². The molecule has 0 aliphatic carbocycles. The summed E-state index contributed by atoms with van der Waals surface area (Å²) < 4.78 is 5.85. The highest BCUT2D eigenvalue weighted by Gasteiger charge is 2.22. The Kier molecular flexibility index (Phi) is 5.01. The number of thiophene rings is 1. The van der Waals surface area contributed by atoms with E-state index in [0.717, 1.165) is 6.54 Å². The van der Waals surface area contributed by atoms with E-state index in [0.29, 0.717) is 18.2 Å². The Morgan fingerprint density at radius 1 is 1.53 bits per heavy atom. The van der Waals surface area contributed by atoms with Crippen molar-refractivity contribution in [2.75, 3.05) is 6.54 Å². The Hall–Kier alpha value is -0.380. The molecule has 3 heteroatoms. The van der Waals surface area contributed by atoms with Gasteiger partial charge in [0.2, 0.25) is 0 Å². The topological polar surface area (TPSA) is 21.3 Å². The molecular weight excluding hydrogens is 230 g/mol. The van der Waals surface area contributed by atoms with E-state index in [-0.39, 0.29) is 0 Å². The first-order chi connectivity index (χ1) is 8.29. The molecular formula is C14H23NOS. The Labute approximate surface area is 108 Å². The van der Waals surface area contributed by atoms with Gasteiger partial charge in [-0.1, -0.05) is 19.4 Å². The second-order valence-corrected chi connectivity index (χ2v) is 5.89. The number of hydrogen-bond donors (Lipinski definition) is 1. The fourth-order valence-corrected chi connectivity index (χ4v) is 3.27. The molecule has 1 fully saturated rings. The minimum Gasteiger partial charge on any atom is -0.374 e. The molecule has 1 aromatic rings. The van der Waals surface area contributed by atoms with Crippen molar-refractivity contribution in [3.05, 3.63) is 22.4 Å². The first-order valence-electron chi connectivity index (χ1n) is 6.71. The molecule has 1 aliphatic heterocycles. The second-order valence-electron chi connectivity index (χ2n) is 4.91. The maximum Gasteiger partial charge on any atom is 0.0704 e. The molecule has 0 saturated carbocycles. The van der Waals surface area contributed by atoms with Crippen LogP contribution in [-0.2, 0) is 4.74 Å². The van der Waals surface area contributed by atoms with Crippen LogP contribution in [0, 0.1) is 0 Å². The van der Waals surface area contributed by atoms with E-state index < -0.39 is 0 Å². The van der Waals surface area contributed by atoms with Crippen LogP contribution in [0.25, 0.3) is 0 Å². The van der Waals surface area contributed by atoms with Gasteiger partial charge in [-0.05, 0) is 37.6 Å². The third kappa shape index (κ3) is 3.80. The predicted molar refractivity (Wildman–Crippen MR) is 73.5 cm³/mol. The number of nitrogens with one attached hydrogen (secondary N) is 1. The average molecular weight is 253 g/mol. The summed E-state index contributed by atoms with van der Waals surface area (Å²) in [5.74, 6) is 0. The number of hydrogen-bond acceptors (Lipinski definition) is 3. The van der Waals surface area contributed by atoms with Crippen molar-refractivity contribution in [1.82, 2.24) is 5.32 Å². The monoisotopic (exact) mass is 253 g/mol. The molecule has 0 amide bonds. The lowest BCUT2D eigenvalue weighted by molar-refractivity contribution is 0.0542. The van der Waals surface area contributed by atoms with E-state index in [1.165, 1.54) is 30.6 Å². The highest BCUT2D eigenvalue weighted by molar-refractivity contribution is 7.10. The molecule has 3 atom stereocenters. The number of rotatable bonds is 6. The molecule has 96 valence electrons. The van der Waals surface area contributed by atoms with Gasteiger partial charge in [-0.15, -0.1) is 11.3 Å². The minimum absolute atomic E-state index is 0.421. The molecule has 1 aromatic heterocycles. The molecule has 0 aromatic carbocycles. The maximum absolute atomic E-state index is 5.85. The van der Waals surface area contributed by atoms with Crippen LogP contribution in [-0.4, -0.2) is 18.8 Å². The third-order valence-corrected chi connectivity index (χ3v) is 4.36. The summed E-state index contributed by atoms with van der Waals surface area (Å²) >= 11 is 1.85. The maximum atomic E-state index is 5.85. The van der Waals surface area contributed by atoms with Gasteiger partial charge in [0.25, 0.3) is 0 Å². The summed E-state index contributed by atoms with van der Waals surface area (Å²) in [7, 11) is 0.